The number of benzene rings is 1. The molecule has 0 radical (unpaired) electrons. The largest absolute Gasteiger partial charge is 0.493 e. The quantitative estimate of drug-likeness (QED) is 0.899. The van der Waals surface area contributed by atoms with Crippen molar-refractivity contribution in [2.24, 2.45) is 0 Å². The Morgan fingerprint density at radius 2 is 1.88 bits per heavy atom. The van der Waals surface area contributed by atoms with Crippen molar-refractivity contribution in [2.75, 3.05) is 12.3 Å². The van der Waals surface area contributed by atoms with Crippen molar-refractivity contribution in [3.05, 3.63) is 40.0 Å². The maximum atomic E-state index is 5.85. The average Bonchev–Trinajstić information content (AvgIpc) is 2.63. The number of nitrogens with two attached hydrogens (primary N) is 1. The predicted molar refractivity (Wildman–Crippen MR) is 68.7 cm³/mol. The zero-order valence-corrected chi connectivity index (χ0v) is 10.4. The highest BCUT2D eigenvalue weighted by Crippen LogP contribution is 2.24. The monoisotopic (exact) mass is 271 g/mol. The Bertz CT molecular complexity index is 493. The van der Waals surface area contributed by atoms with Crippen molar-refractivity contribution >= 4 is 29.0 Å². The van der Waals surface area contributed by atoms with E-state index in [-0.39, 0.29) is 0 Å². The van der Waals surface area contributed by atoms with E-state index in [1.54, 1.807) is 24.3 Å². The van der Waals surface area contributed by atoms with Gasteiger partial charge in [0.15, 0.2) is 0 Å². The summed E-state index contributed by atoms with van der Waals surface area (Å²) in [6.45, 7) is 0.498. The highest BCUT2D eigenvalue weighted by atomic mass is 35.5. The maximum absolute atomic E-state index is 5.85. The molecule has 0 aliphatic rings. The molecule has 6 heteroatoms. The van der Waals surface area contributed by atoms with Crippen molar-refractivity contribution in [1.29, 1.82) is 0 Å². The Hall–Kier alpha value is -1.39. The van der Waals surface area contributed by atoms with Gasteiger partial charge in [0.25, 0.3) is 0 Å². The Morgan fingerprint density at radius 1 is 1.18 bits per heavy atom. The zero-order chi connectivity index (χ0) is 12.3. The van der Waals surface area contributed by atoms with Gasteiger partial charge in [0.05, 0.1) is 6.61 Å². The number of ether oxygens (including phenoxy) is 1. The van der Waals surface area contributed by atoms with Gasteiger partial charge < -0.3 is 10.5 Å². The van der Waals surface area contributed by atoms with Crippen LogP contribution in [0.3, 0.4) is 0 Å². The molecule has 1 heterocycles. The van der Waals surface area contributed by atoms with Gasteiger partial charge in [0.2, 0.25) is 0 Å². The molecule has 0 aliphatic heterocycles. The Kier molecular flexibility index (Phi) is 3.76. The third kappa shape index (κ3) is 3.54. The number of aromatic nitrogens is 2. The maximum Gasteiger partial charge on any atom is 0.145 e. The Balaban J connectivity index is 1.89. The van der Waals surface area contributed by atoms with E-state index in [2.05, 4.69) is 10.2 Å². The average molecular weight is 272 g/mol. The molecule has 0 spiro atoms. The first kappa shape index (κ1) is 12.1. The number of hydrogen-bond donors (Lipinski definition) is 2. The summed E-state index contributed by atoms with van der Waals surface area (Å²) in [5.74, 6) is 1.13. The molecule has 0 saturated heterocycles. The molecule has 90 valence electrons. The molecule has 0 atom stereocenters. The number of H-pyrrole nitrogens is 1. The third-order valence-corrected chi connectivity index (χ3v) is 2.56. The van der Waals surface area contributed by atoms with Crippen LogP contribution < -0.4 is 10.5 Å². The highest BCUT2D eigenvalue weighted by molar-refractivity contribution is 6.34. The number of anilines is 1. The summed E-state index contributed by atoms with van der Waals surface area (Å²) in [6.07, 6.45) is 0.689. The first-order valence-corrected chi connectivity index (χ1v) is 5.78. The van der Waals surface area contributed by atoms with Gasteiger partial charge in [-0.25, -0.2) is 0 Å². The van der Waals surface area contributed by atoms with Crippen LogP contribution in [0.4, 0.5) is 5.82 Å². The molecular formula is C11H11Cl2N3O. The predicted octanol–water partition coefficient (Wildman–Crippen LogP) is 2.92. The molecule has 4 nitrogen and oxygen atoms in total. The second-order valence-electron chi connectivity index (χ2n) is 3.52. The van der Waals surface area contributed by atoms with Crippen LogP contribution in [0.5, 0.6) is 5.75 Å². The minimum absolute atomic E-state index is 0.478. The summed E-state index contributed by atoms with van der Waals surface area (Å²) in [7, 11) is 0. The van der Waals surface area contributed by atoms with Crippen LogP contribution >= 0.6 is 23.2 Å². The minimum Gasteiger partial charge on any atom is -0.493 e. The lowest BCUT2D eigenvalue weighted by Crippen LogP contribution is -2.01. The molecule has 3 N–H and O–H groups in total. The van der Waals surface area contributed by atoms with Crippen molar-refractivity contribution in [1.82, 2.24) is 10.2 Å². The number of nitrogens with one attached hydrogen (secondary N) is 1. The van der Waals surface area contributed by atoms with Crippen molar-refractivity contribution in [2.45, 2.75) is 6.42 Å². The number of aromatic amines is 1. The molecule has 0 amide bonds. The standard InChI is InChI=1S/C11H11Cl2N3O/c12-7-3-8(13)5-10(4-7)17-2-1-9-6-11(14)16-15-9/h3-6H,1-2H2,(H3,14,15,16). The third-order valence-electron chi connectivity index (χ3n) is 2.13. The van der Waals surface area contributed by atoms with Gasteiger partial charge in [0, 0.05) is 28.2 Å². The fraction of sp³-hybridized carbons (Fsp3) is 0.182. The van der Waals surface area contributed by atoms with Crippen LogP contribution in [0, 0.1) is 0 Å². The first-order chi connectivity index (χ1) is 8.13. The molecule has 17 heavy (non-hydrogen) atoms. The van der Waals surface area contributed by atoms with E-state index < -0.39 is 0 Å². The van der Waals surface area contributed by atoms with E-state index >= 15 is 0 Å². The number of nitrogen functional groups attached to an aromatic ring is 1. The van der Waals surface area contributed by atoms with Gasteiger partial charge in [-0.2, -0.15) is 5.10 Å². The molecule has 0 saturated carbocycles. The van der Waals surface area contributed by atoms with E-state index in [0.717, 1.165) is 5.69 Å². The molecule has 0 bridgehead atoms. The lowest BCUT2D eigenvalue weighted by Gasteiger charge is -2.06. The van der Waals surface area contributed by atoms with Gasteiger partial charge in [-0.3, -0.25) is 5.10 Å². The fourth-order valence-electron chi connectivity index (χ4n) is 1.40. The molecule has 2 aromatic rings. The SMILES string of the molecule is Nc1cc(CCOc2cc(Cl)cc(Cl)c2)[nH]n1. The number of nitrogens with zero attached hydrogens (tertiary/aromatic N) is 1. The summed E-state index contributed by atoms with van der Waals surface area (Å²) in [5, 5.41) is 7.74. The molecule has 2 rings (SSSR count). The Morgan fingerprint density at radius 3 is 2.47 bits per heavy atom. The molecule has 0 unspecified atom stereocenters. The van der Waals surface area contributed by atoms with E-state index in [9.17, 15) is 0 Å². The summed E-state index contributed by atoms with van der Waals surface area (Å²) in [5.41, 5.74) is 6.41. The molecular weight excluding hydrogens is 261 g/mol. The Labute approximate surface area is 109 Å². The van der Waals surface area contributed by atoms with Gasteiger partial charge >= 0.3 is 0 Å². The fourth-order valence-corrected chi connectivity index (χ4v) is 1.90. The van der Waals surface area contributed by atoms with Crippen LogP contribution in [-0.2, 0) is 6.42 Å². The van der Waals surface area contributed by atoms with E-state index in [1.807, 2.05) is 0 Å². The van der Waals surface area contributed by atoms with Crippen LogP contribution in [-0.4, -0.2) is 16.8 Å². The van der Waals surface area contributed by atoms with Crippen LogP contribution in [0.1, 0.15) is 5.69 Å². The van der Waals surface area contributed by atoms with E-state index in [4.69, 9.17) is 33.7 Å². The summed E-state index contributed by atoms with van der Waals surface area (Å²) in [6, 6.07) is 6.86. The van der Waals surface area contributed by atoms with Crippen LogP contribution in [0.25, 0.3) is 0 Å². The highest BCUT2D eigenvalue weighted by Gasteiger charge is 2.01. The first-order valence-electron chi connectivity index (χ1n) is 5.02. The lowest BCUT2D eigenvalue weighted by molar-refractivity contribution is 0.320. The number of hydrogen-bond acceptors (Lipinski definition) is 3. The second kappa shape index (κ2) is 5.29. The molecule has 1 aromatic heterocycles. The van der Waals surface area contributed by atoms with E-state index in [0.29, 0.717) is 34.6 Å². The number of rotatable bonds is 4. The summed E-state index contributed by atoms with van der Waals surface area (Å²) >= 11 is 11.7. The molecule has 1 aromatic carbocycles. The van der Waals surface area contributed by atoms with Crippen LogP contribution in [0.15, 0.2) is 24.3 Å². The topological polar surface area (TPSA) is 63.9 Å². The summed E-state index contributed by atoms with van der Waals surface area (Å²) < 4.78 is 5.52. The van der Waals surface area contributed by atoms with Gasteiger partial charge in [0.1, 0.15) is 11.6 Å². The van der Waals surface area contributed by atoms with Crippen molar-refractivity contribution < 1.29 is 4.74 Å². The second-order valence-corrected chi connectivity index (χ2v) is 4.39. The van der Waals surface area contributed by atoms with E-state index in [1.165, 1.54) is 0 Å². The van der Waals surface area contributed by atoms with Gasteiger partial charge in [-0.05, 0) is 18.2 Å². The minimum atomic E-state index is 0.478. The molecule has 0 aliphatic carbocycles. The lowest BCUT2D eigenvalue weighted by atomic mass is 10.3. The normalized spacial score (nSPS) is 10.5. The number of halogens is 2. The smallest absolute Gasteiger partial charge is 0.145 e. The summed E-state index contributed by atoms with van der Waals surface area (Å²) in [4.78, 5) is 0. The van der Waals surface area contributed by atoms with Crippen molar-refractivity contribution in [3.8, 4) is 5.75 Å². The van der Waals surface area contributed by atoms with Crippen molar-refractivity contribution in [3.63, 3.8) is 0 Å². The molecule has 0 fully saturated rings. The van der Waals surface area contributed by atoms with Gasteiger partial charge in [-0.1, -0.05) is 23.2 Å². The van der Waals surface area contributed by atoms with Gasteiger partial charge in [-0.15, -0.1) is 0 Å². The van der Waals surface area contributed by atoms with Crippen LogP contribution in [0.2, 0.25) is 10.0 Å². The zero-order valence-electron chi connectivity index (χ0n) is 8.91.